The number of carbonyl (C=O) groups is 2. The maximum atomic E-state index is 13.6. The molecule has 3 atom stereocenters. The Kier molecular flexibility index (Phi) is 13.4. The summed E-state index contributed by atoms with van der Waals surface area (Å²) in [6, 6.07) is 24.9. The van der Waals surface area contributed by atoms with Crippen molar-refractivity contribution in [1.82, 2.24) is 24.6 Å². The zero-order chi connectivity index (χ0) is 42.1. The molecule has 0 amide bonds. The van der Waals surface area contributed by atoms with E-state index < -0.39 is 47.5 Å². The van der Waals surface area contributed by atoms with Gasteiger partial charge in [-0.2, -0.15) is 10.1 Å². The SMILES string of the molecule is COc1ccc(C(OC[C@H]2O[C@@H](n3nc(C#CC(COC(C)=O)COC(C)=O)c4c(=O)[nH]c(N=CN(C)C)nc43)CC2O)(c2ccccc2)c2ccc(OC)cc2)cc1. The van der Waals surface area contributed by atoms with Crippen LogP contribution in [0.15, 0.2) is 88.6 Å². The highest BCUT2D eigenvalue weighted by Crippen LogP contribution is 2.43. The number of esters is 2. The van der Waals surface area contributed by atoms with E-state index in [9.17, 15) is 19.5 Å². The van der Waals surface area contributed by atoms with Crippen LogP contribution in [0.25, 0.3) is 11.0 Å². The summed E-state index contributed by atoms with van der Waals surface area (Å²) >= 11 is 0. The van der Waals surface area contributed by atoms with Crippen molar-refractivity contribution < 1.29 is 43.1 Å². The van der Waals surface area contributed by atoms with Gasteiger partial charge in [0.1, 0.15) is 41.8 Å². The fraction of sp³-hybridized carbons (Fsp3) is 0.349. The van der Waals surface area contributed by atoms with Crippen molar-refractivity contribution in [3.63, 3.8) is 0 Å². The Balaban J connectivity index is 1.38. The second-order valence-corrected chi connectivity index (χ2v) is 13.9. The molecule has 1 aliphatic rings. The lowest BCUT2D eigenvalue weighted by atomic mass is 9.80. The fourth-order valence-electron chi connectivity index (χ4n) is 6.59. The molecule has 0 bridgehead atoms. The van der Waals surface area contributed by atoms with E-state index in [2.05, 4.69) is 31.9 Å². The minimum Gasteiger partial charge on any atom is -0.497 e. The molecule has 59 heavy (non-hydrogen) atoms. The zero-order valence-electron chi connectivity index (χ0n) is 33.6. The van der Waals surface area contributed by atoms with E-state index in [0.717, 1.165) is 16.7 Å². The number of benzene rings is 3. The molecule has 2 N–H and O–H groups in total. The highest BCUT2D eigenvalue weighted by Gasteiger charge is 2.42. The Morgan fingerprint density at radius 3 is 2.08 bits per heavy atom. The number of methoxy groups -OCH3 is 2. The third-order valence-electron chi connectivity index (χ3n) is 9.45. The Labute approximate surface area is 340 Å². The van der Waals surface area contributed by atoms with Crippen molar-refractivity contribution in [3.8, 4) is 23.3 Å². The number of nitrogens with zero attached hydrogens (tertiary/aromatic N) is 5. The van der Waals surface area contributed by atoms with Crippen molar-refractivity contribution in [2.24, 2.45) is 10.9 Å². The van der Waals surface area contributed by atoms with Gasteiger partial charge in [-0.15, -0.1) is 0 Å². The molecule has 1 fully saturated rings. The second-order valence-electron chi connectivity index (χ2n) is 13.9. The number of aliphatic imine (C=N–C) groups is 1. The van der Waals surface area contributed by atoms with Crippen molar-refractivity contribution in [2.45, 2.75) is 44.3 Å². The maximum absolute atomic E-state index is 13.6. The van der Waals surface area contributed by atoms with Gasteiger partial charge < -0.3 is 38.4 Å². The number of hydrogen-bond donors (Lipinski definition) is 2. The van der Waals surface area contributed by atoms with E-state index >= 15 is 0 Å². The molecule has 1 aliphatic heterocycles. The molecule has 1 unspecified atom stereocenters. The summed E-state index contributed by atoms with van der Waals surface area (Å²) in [6.45, 7) is 2.10. The van der Waals surface area contributed by atoms with Crippen LogP contribution in [0.2, 0.25) is 0 Å². The molecule has 16 nitrogen and oxygen atoms in total. The molecule has 16 heteroatoms. The first-order valence-corrected chi connectivity index (χ1v) is 18.7. The molecule has 3 aromatic carbocycles. The summed E-state index contributed by atoms with van der Waals surface area (Å²) in [5.41, 5.74) is 0.825. The molecule has 0 aliphatic carbocycles. The maximum Gasteiger partial charge on any atom is 0.302 e. The van der Waals surface area contributed by atoms with Gasteiger partial charge in [-0.05, 0) is 46.9 Å². The van der Waals surface area contributed by atoms with Crippen LogP contribution in [0, 0.1) is 17.8 Å². The summed E-state index contributed by atoms with van der Waals surface area (Å²) in [5.74, 6) is 5.36. The summed E-state index contributed by atoms with van der Waals surface area (Å²) < 4.78 is 36.1. The molecular weight excluding hydrogens is 761 g/mol. The summed E-state index contributed by atoms with van der Waals surface area (Å²) in [5, 5.41) is 16.3. The molecule has 0 radical (unpaired) electrons. The van der Waals surface area contributed by atoms with Gasteiger partial charge in [0.2, 0.25) is 5.95 Å². The lowest BCUT2D eigenvalue weighted by Gasteiger charge is -2.37. The van der Waals surface area contributed by atoms with Crippen LogP contribution in [-0.4, -0.2) is 108 Å². The lowest BCUT2D eigenvalue weighted by Crippen LogP contribution is -2.38. The van der Waals surface area contributed by atoms with E-state index in [0.29, 0.717) is 11.5 Å². The molecule has 3 heterocycles. The van der Waals surface area contributed by atoms with E-state index in [1.807, 2.05) is 78.9 Å². The van der Waals surface area contributed by atoms with Gasteiger partial charge in [-0.1, -0.05) is 60.5 Å². The lowest BCUT2D eigenvalue weighted by molar-refractivity contribution is -0.144. The van der Waals surface area contributed by atoms with Crippen LogP contribution in [0.3, 0.4) is 0 Å². The number of aromatic amines is 1. The normalized spacial score (nSPS) is 16.5. The topological polar surface area (TPSA) is 189 Å². The number of aliphatic hydroxyl groups excluding tert-OH is 1. The summed E-state index contributed by atoms with van der Waals surface area (Å²) in [6.07, 6.45) is -1.26. The average Bonchev–Trinajstić information content (AvgIpc) is 3.80. The number of carbonyl (C=O) groups excluding carboxylic acids is 2. The minimum absolute atomic E-state index is 0.00417. The molecule has 308 valence electrons. The molecule has 0 saturated carbocycles. The number of nitrogens with one attached hydrogen (secondary N) is 1. The Morgan fingerprint density at radius 2 is 1.54 bits per heavy atom. The number of fused-ring (bicyclic) bond motifs is 1. The third-order valence-corrected chi connectivity index (χ3v) is 9.45. The Bertz CT molecular complexity index is 2320. The van der Waals surface area contributed by atoms with E-state index in [4.69, 9.17) is 28.4 Å². The van der Waals surface area contributed by atoms with Crippen molar-refractivity contribution >= 4 is 35.3 Å². The zero-order valence-corrected chi connectivity index (χ0v) is 33.6. The van der Waals surface area contributed by atoms with Crippen molar-refractivity contribution in [1.29, 1.82) is 0 Å². The average molecular weight is 807 g/mol. The second kappa shape index (κ2) is 18.8. The van der Waals surface area contributed by atoms with Crippen molar-refractivity contribution in [3.05, 3.63) is 112 Å². The van der Waals surface area contributed by atoms with E-state index in [-0.39, 0.29) is 48.9 Å². The van der Waals surface area contributed by atoms with Crippen LogP contribution >= 0.6 is 0 Å². The molecule has 5 aromatic rings. The van der Waals surface area contributed by atoms with Gasteiger partial charge in [0, 0.05) is 34.4 Å². The van der Waals surface area contributed by atoms with E-state index in [1.54, 1.807) is 33.2 Å². The third kappa shape index (κ3) is 9.78. The fourth-order valence-corrected chi connectivity index (χ4v) is 6.59. The van der Waals surface area contributed by atoms with Gasteiger partial charge in [0.25, 0.3) is 5.56 Å². The Hall–Kier alpha value is -6.54. The molecule has 0 spiro atoms. The van der Waals surface area contributed by atoms with Gasteiger partial charge in [-0.25, -0.2) is 9.67 Å². The van der Waals surface area contributed by atoms with Crippen LogP contribution in [-0.2, 0) is 34.1 Å². The number of H-pyrrole nitrogens is 1. The quantitative estimate of drug-likeness (QED) is 0.0506. The minimum atomic E-state index is -1.18. The molecule has 6 rings (SSSR count). The van der Waals surface area contributed by atoms with Crippen LogP contribution in [0.5, 0.6) is 11.5 Å². The summed E-state index contributed by atoms with van der Waals surface area (Å²) in [7, 11) is 6.74. The first-order chi connectivity index (χ1) is 28.4. The van der Waals surface area contributed by atoms with Crippen molar-refractivity contribution in [2.75, 3.05) is 48.1 Å². The molecule has 2 aromatic heterocycles. The van der Waals surface area contributed by atoms with Crippen LogP contribution < -0.4 is 15.0 Å². The van der Waals surface area contributed by atoms with Gasteiger partial charge >= 0.3 is 11.9 Å². The molecular formula is C43H46N6O10. The predicted octanol–water partition coefficient (Wildman–Crippen LogP) is 4.11. The Morgan fingerprint density at radius 1 is 0.966 bits per heavy atom. The highest BCUT2D eigenvalue weighted by molar-refractivity contribution is 5.81. The van der Waals surface area contributed by atoms with Gasteiger partial charge in [0.05, 0.1) is 39.2 Å². The molecule has 1 saturated heterocycles. The number of hydrogen-bond acceptors (Lipinski definition) is 13. The number of aromatic nitrogens is 4. The van der Waals surface area contributed by atoms with Gasteiger partial charge in [0.15, 0.2) is 17.6 Å². The number of aliphatic hydroxyl groups is 1. The van der Waals surface area contributed by atoms with Crippen LogP contribution in [0.4, 0.5) is 5.95 Å². The smallest absolute Gasteiger partial charge is 0.302 e. The highest BCUT2D eigenvalue weighted by atomic mass is 16.6. The van der Waals surface area contributed by atoms with Gasteiger partial charge in [-0.3, -0.25) is 19.4 Å². The monoisotopic (exact) mass is 806 g/mol. The van der Waals surface area contributed by atoms with E-state index in [1.165, 1.54) is 24.9 Å². The standard InChI is InChI=1S/C43H46N6O10/c1-27(50)56-23-29(24-57-28(2)51)12-21-35-39-40(45-42(46-41(39)53)44-26-48(3)4)49(47-35)38-22-36(52)37(59-38)25-58-43(30-10-8-7-9-11-30,31-13-17-33(54-5)18-14-31)32-15-19-34(55-6)20-16-32/h7-11,13-20,26,29,36-38,52H,22-25H2,1-6H3,(H,45,46,53)/t36?,37-,38-/m1/s1. The summed E-state index contributed by atoms with van der Waals surface area (Å²) in [4.78, 5) is 50.0. The largest absolute Gasteiger partial charge is 0.497 e. The number of rotatable bonds is 15. The predicted molar refractivity (Wildman–Crippen MR) is 216 cm³/mol. The number of ether oxygens (including phenoxy) is 6. The first-order valence-electron chi connectivity index (χ1n) is 18.7. The first kappa shape index (κ1) is 42.1. The van der Waals surface area contributed by atoms with Crippen LogP contribution in [0.1, 0.15) is 48.9 Å².